The van der Waals surface area contributed by atoms with Crippen molar-refractivity contribution in [1.82, 2.24) is 5.32 Å². The number of ether oxygens (including phenoxy) is 3. The Morgan fingerprint density at radius 3 is 2.45 bits per heavy atom. The maximum Gasteiger partial charge on any atom is 0.586 e. The summed E-state index contributed by atoms with van der Waals surface area (Å²) in [5.41, 5.74) is 0.946. The number of alkyl halides is 2. The number of amides is 2. The van der Waals surface area contributed by atoms with Crippen LogP contribution in [0.2, 0.25) is 0 Å². The number of halogens is 2. The molecule has 1 aliphatic rings. The van der Waals surface area contributed by atoms with Crippen molar-refractivity contribution in [1.29, 1.82) is 0 Å². The second-order valence-corrected chi connectivity index (χ2v) is 5.98. The molecule has 0 fully saturated rings. The maximum atomic E-state index is 13.0. The van der Waals surface area contributed by atoms with Crippen LogP contribution in [0.1, 0.15) is 5.56 Å². The van der Waals surface area contributed by atoms with Gasteiger partial charge < -0.3 is 24.8 Å². The predicted molar refractivity (Wildman–Crippen MR) is 95.4 cm³/mol. The molecule has 0 saturated carbocycles. The number of nitrogens with one attached hydrogen (secondary N) is 2. The van der Waals surface area contributed by atoms with E-state index in [2.05, 4.69) is 20.1 Å². The second-order valence-electron chi connectivity index (χ2n) is 5.98. The summed E-state index contributed by atoms with van der Waals surface area (Å²) in [5.74, 6) is -2.25. The first-order chi connectivity index (χ1) is 13.8. The lowest BCUT2D eigenvalue weighted by molar-refractivity contribution is -0.286. The lowest BCUT2D eigenvalue weighted by atomic mass is 10.1. The molecule has 8 nitrogen and oxygen atoms in total. The van der Waals surface area contributed by atoms with E-state index in [1.165, 1.54) is 12.1 Å². The molecule has 2 N–H and O–H groups in total. The maximum absolute atomic E-state index is 13.0. The lowest BCUT2D eigenvalue weighted by Crippen LogP contribution is -2.33. The monoisotopic (exact) mass is 406 g/mol. The van der Waals surface area contributed by atoms with Crippen LogP contribution in [0.5, 0.6) is 11.5 Å². The van der Waals surface area contributed by atoms with Crippen molar-refractivity contribution in [3.05, 3.63) is 54.1 Å². The zero-order chi connectivity index (χ0) is 20.9. The molecule has 1 aliphatic heterocycles. The van der Waals surface area contributed by atoms with Gasteiger partial charge in [0.2, 0.25) is 5.91 Å². The lowest BCUT2D eigenvalue weighted by Gasteiger charge is -2.08. The van der Waals surface area contributed by atoms with E-state index >= 15 is 0 Å². The van der Waals surface area contributed by atoms with Crippen molar-refractivity contribution in [3.8, 4) is 11.5 Å². The van der Waals surface area contributed by atoms with Gasteiger partial charge in [-0.3, -0.25) is 14.4 Å². The molecule has 0 aromatic heterocycles. The minimum atomic E-state index is -3.76. The summed E-state index contributed by atoms with van der Waals surface area (Å²) in [6.07, 6.45) is -3.65. The van der Waals surface area contributed by atoms with Crippen molar-refractivity contribution in [2.75, 3.05) is 18.5 Å². The van der Waals surface area contributed by atoms with E-state index in [1.54, 1.807) is 24.3 Å². The standard InChI is InChI=1S/C19H16F2N2O6/c20-19(21)28-14-7-6-13(9-15(14)29-19)23-17(25)11-27-18(26)10-22-16(24)8-12-4-2-1-3-5-12/h1-7,9H,8,10-11H2,(H,22,24)(H,23,25). The molecule has 0 bridgehead atoms. The van der Waals surface area contributed by atoms with Crippen molar-refractivity contribution in [3.63, 3.8) is 0 Å². The molecule has 0 spiro atoms. The quantitative estimate of drug-likeness (QED) is 0.681. The molecule has 3 rings (SSSR count). The van der Waals surface area contributed by atoms with Crippen molar-refractivity contribution < 1.29 is 37.4 Å². The highest BCUT2D eigenvalue weighted by atomic mass is 19.3. The van der Waals surface area contributed by atoms with E-state index in [0.717, 1.165) is 11.6 Å². The third-order valence-corrected chi connectivity index (χ3v) is 3.69. The summed E-state index contributed by atoms with van der Waals surface area (Å²) in [4.78, 5) is 35.2. The molecule has 10 heteroatoms. The molecule has 0 atom stereocenters. The molecule has 2 aromatic carbocycles. The first kappa shape index (κ1) is 20.1. The molecule has 0 radical (unpaired) electrons. The van der Waals surface area contributed by atoms with E-state index in [1.807, 2.05) is 6.07 Å². The number of fused-ring (bicyclic) bond motifs is 1. The van der Waals surface area contributed by atoms with E-state index in [4.69, 9.17) is 4.74 Å². The number of hydrogen-bond acceptors (Lipinski definition) is 6. The minimum absolute atomic E-state index is 0.109. The van der Waals surface area contributed by atoms with Crippen molar-refractivity contribution >= 4 is 23.5 Å². The number of hydrogen-bond donors (Lipinski definition) is 2. The van der Waals surface area contributed by atoms with Gasteiger partial charge in [-0.25, -0.2) is 0 Å². The fourth-order valence-corrected chi connectivity index (χ4v) is 2.44. The molecule has 152 valence electrons. The summed E-state index contributed by atoms with van der Waals surface area (Å²) < 4.78 is 39.2. The smallest absolute Gasteiger partial charge is 0.454 e. The van der Waals surface area contributed by atoms with E-state index in [9.17, 15) is 23.2 Å². The van der Waals surface area contributed by atoms with Crippen LogP contribution in [0.15, 0.2) is 48.5 Å². The van der Waals surface area contributed by atoms with Gasteiger partial charge in [-0.2, -0.15) is 0 Å². The Bertz CT molecular complexity index is 920. The second kappa shape index (κ2) is 8.55. The number of rotatable bonds is 7. The summed E-state index contributed by atoms with van der Waals surface area (Å²) in [6.45, 7) is -1.00. The largest absolute Gasteiger partial charge is 0.586 e. The summed E-state index contributed by atoms with van der Waals surface area (Å²) in [5, 5.41) is 4.76. The number of carbonyl (C=O) groups excluding carboxylic acids is 3. The Labute approximate surface area is 163 Å². The highest BCUT2D eigenvalue weighted by Gasteiger charge is 2.43. The van der Waals surface area contributed by atoms with Gasteiger partial charge in [0, 0.05) is 11.8 Å². The number of benzene rings is 2. The van der Waals surface area contributed by atoms with Crippen LogP contribution >= 0.6 is 0 Å². The first-order valence-corrected chi connectivity index (χ1v) is 8.47. The third-order valence-electron chi connectivity index (χ3n) is 3.69. The molecule has 2 aromatic rings. The van der Waals surface area contributed by atoms with Crippen LogP contribution in [0.25, 0.3) is 0 Å². The van der Waals surface area contributed by atoms with Crippen LogP contribution in [-0.4, -0.2) is 37.2 Å². The van der Waals surface area contributed by atoms with Crippen LogP contribution in [0.4, 0.5) is 14.5 Å². The minimum Gasteiger partial charge on any atom is -0.454 e. The zero-order valence-corrected chi connectivity index (χ0v) is 14.9. The Balaban J connectivity index is 1.38. The average molecular weight is 406 g/mol. The summed E-state index contributed by atoms with van der Waals surface area (Å²) >= 11 is 0. The van der Waals surface area contributed by atoms with Gasteiger partial charge in [0.1, 0.15) is 6.54 Å². The van der Waals surface area contributed by atoms with Crippen LogP contribution in [0, 0.1) is 0 Å². The van der Waals surface area contributed by atoms with E-state index in [0.29, 0.717) is 0 Å². The topological polar surface area (TPSA) is 103 Å². The van der Waals surface area contributed by atoms with E-state index < -0.39 is 31.3 Å². The molecular weight excluding hydrogens is 390 g/mol. The average Bonchev–Trinajstić information content (AvgIpc) is 2.98. The Kier molecular flexibility index (Phi) is 5.91. The van der Waals surface area contributed by atoms with E-state index in [-0.39, 0.29) is 29.5 Å². The van der Waals surface area contributed by atoms with Gasteiger partial charge in [0.05, 0.1) is 6.42 Å². The fraction of sp³-hybridized carbons (Fsp3) is 0.211. The first-order valence-electron chi connectivity index (χ1n) is 8.47. The molecular formula is C19H16F2N2O6. The predicted octanol–water partition coefficient (Wildman–Crippen LogP) is 1.85. The van der Waals surface area contributed by atoms with Crippen LogP contribution in [-0.2, 0) is 25.5 Å². The van der Waals surface area contributed by atoms with Crippen molar-refractivity contribution in [2.45, 2.75) is 12.7 Å². The van der Waals surface area contributed by atoms with Gasteiger partial charge in [-0.05, 0) is 17.7 Å². The fourth-order valence-electron chi connectivity index (χ4n) is 2.44. The number of esters is 1. The normalized spacial score (nSPS) is 13.4. The number of anilines is 1. The Morgan fingerprint density at radius 1 is 0.966 bits per heavy atom. The van der Waals surface area contributed by atoms with Crippen LogP contribution in [0.3, 0.4) is 0 Å². The molecule has 0 unspecified atom stereocenters. The Hall–Kier alpha value is -3.69. The summed E-state index contributed by atoms with van der Waals surface area (Å²) in [7, 11) is 0. The SMILES string of the molecule is O=C(Cc1ccccc1)NCC(=O)OCC(=O)Nc1ccc2c(c1)OC(F)(F)O2. The Morgan fingerprint density at radius 2 is 1.69 bits per heavy atom. The molecule has 0 aliphatic carbocycles. The van der Waals surface area contributed by atoms with Gasteiger partial charge in [0.15, 0.2) is 18.1 Å². The zero-order valence-electron chi connectivity index (χ0n) is 14.9. The third kappa shape index (κ3) is 5.89. The molecule has 0 saturated heterocycles. The highest BCUT2D eigenvalue weighted by Crippen LogP contribution is 2.42. The summed E-state index contributed by atoms with van der Waals surface area (Å²) in [6, 6.07) is 12.6. The molecule has 29 heavy (non-hydrogen) atoms. The van der Waals surface area contributed by atoms with Crippen LogP contribution < -0.4 is 20.1 Å². The molecule has 2 amide bonds. The number of carbonyl (C=O) groups is 3. The van der Waals surface area contributed by atoms with Crippen molar-refractivity contribution in [2.24, 2.45) is 0 Å². The van der Waals surface area contributed by atoms with Gasteiger partial charge in [-0.1, -0.05) is 30.3 Å². The van der Waals surface area contributed by atoms with Gasteiger partial charge in [-0.15, -0.1) is 8.78 Å². The highest BCUT2D eigenvalue weighted by molar-refractivity contribution is 5.93. The van der Waals surface area contributed by atoms with Gasteiger partial charge >= 0.3 is 12.3 Å². The van der Waals surface area contributed by atoms with Gasteiger partial charge in [0.25, 0.3) is 5.91 Å². The molecule has 1 heterocycles.